The number of carbonyl (C=O) groups excluding carboxylic acids is 9. The first-order chi connectivity index (χ1) is 44.3. The molecule has 28 heteroatoms. The Morgan fingerprint density at radius 3 is 1.80 bits per heavy atom. The number of esters is 1. The quantitative estimate of drug-likeness (QED) is 0.0302. The van der Waals surface area contributed by atoms with Gasteiger partial charge in [0.05, 0.1) is 49.8 Å². The third-order valence-electron chi connectivity index (χ3n) is 16.8. The molecule has 1 saturated heterocycles. The number of halogens is 3. The number of carboxylic acids is 1. The molecule has 536 valence electrons. The molecule has 1 heterocycles. The van der Waals surface area contributed by atoms with Gasteiger partial charge in [0, 0.05) is 60.1 Å². The van der Waals surface area contributed by atoms with Crippen LogP contribution in [0.1, 0.15) is 133 Å². The number of carbonyl (C=O) groups is 10. The lowest BCUT2D eigenvalue weighted by atomic mass is 9.89. The molecule has 95 heavy (non-hydrogen) atoms. The number of anilines is 1. The van der Waals surface area contributed by atoms with Crippen molar-refractivity contribution in [3.8, 4) is 0 Å². The molecular formula is C67H107F3N10O15. The van der Waals surface area contributed by atoms with Crippen LogP contribution in [0.2, 0.25) is 0 Å². The number of hydrogen-bond donors (Lipinski definition) is 7. The number of nitrogens with zero attached hydrogens (tertiary/aromatic N) is 4. The van der Waals surface area contributed by atoms with E-state index in [1.807, 2.05) is 96.0 Å². The van der Waals surface area contributed by atoms with Crippen LogP contribution >= 0.6 is 0 Å². The highest BCUT2D eigenvalue weighted by Crippen LogP contribution is 2.30. The van der Waals surface area contributed by atoms with Crippen LogP contribution in [0.25, 0.3) is 0 Å². The molecule has 8 N–H and O–H groups in total. The van der Waals surface area contributed by atoms with Gasteiger partial charge in [-0.05, 0) is 107 Å². The number of ether oxygens (including phenoxy) is 4. The Bertz CT molecular complexity index is 2810. The minimum Gasteiger partial charge on any atom is -0.475 e. The molecule has 1 fully saturated rings. The highest BCUT2D eigenvalue weighted by atomic mass is 19.4. The first kappa shape index (κ1) is 83.5. The predicted molar refractivity (Wildman–Crippen MR) is 352 cm³/mol. The third-order valence-corrected chi connectivity index (χ3v) is 16.8. The number of urea groups is 1. The van der Waals surface area contributed by atoms with Crippen molar-refractivity contribution >= 4 is 65.2 Å². The van der Waals surface area contributed by atoms with Gasteiger partial charge in [-0.2, -0.15) is 13.2 Å². The lowest BCUT2D eigenvalue weighted by molar-refractivity contribution is -0.192. The number of likely N-dealkylation sites (N-methyl/N-ethyl adjacent to an activating group) is 3. The van der Waals surface area contributed by atoms with Crippen molar-refractivity contribution in [1.82, 2.24) is 41.3 Å². The van der Waals surface area contributed by atoms with E-state index in [2.05, 4.69) is 26.6 Å². The van der Waals surface area contributed by atoms with Crippen molar-refractivity contribution < 1.29 is 85.2 Å². The number of likely N-dealkylation sites (tertiary alicyclic amines) is 1. The van der Waals surface area contributed by atoms with Crippen LogP contribution < -0.4 is 37.2 Å². The van der Waals surface area contributed by atoms with Crippen LogP contribution in [0.15, 0.2) is 54.6 Å². The van der Waals surface area contributed by atoms with Gasteiger partial charge in [0.25, 0.3) is 0 Å². The fourth-order valence-corrected chi connectivity index (χ4v) is 11.5. The molecule has 25 nitrogen and oxygen atoms in total. The standard InChI is InChI=1S/C65H106N10O13.C2HF3O2/c1-19-42(8)55(50(85-16)38-51(76)75-35-24-28-49(75)56(86-17)43(9)57(77)69-48(62(82)87-18)37-45-25-21-20-22-26-45)74(15)61(81)53(40(4)5)70-59(79)54(41(6)7)72(13)36-33-44-29-31-46(32-30-44)73(14)60(80)47(27-23-34-67-63(66)83)68-58(78)52(39(2)3)71-64(84)88-65(10,11)12;3-2(4,5)1(6)7/h20-22,25-26,29-32,39-43,47-50,52-56H,19,23-24,27-28,33-38H2,1-18H3,(H,68,78)(H,69,77)(H,70,79)(H,71,84)(H3,66,67,83);(H,6,7)/t42-,43+,47-,48-,49-,50+,52-,53-,54-,55-,56+;/m0./s1. The van der Waals surface area contributed by atoms with E-state index in [1.54, 1.807) is 77.6 Å². The number of carboxylic acid groups (broad SMARTS) is 1. The zero-order valence-electron chi connectivity index (χ0n) is 58.7. The molecule has 0 unspecified atom stereocenters. The molecule has 0 bridgehead atoms. The van der Waals surface area contributed by atoms with E-state index < -0.39 is 114 Å². The summed E-state index contributed by atoms with van der Waals surface area (Å²) in [5.74, 6) is -7.31. The largest absolute Gasteiger partial charge is 0.490 e. The van der Waals surface area contributed by atoms with E-state index in [1.165, 1.54) is 26.2 Å². The highest BCUT2D eigenvalue weighted by Gasteiger charge is 2.44. The summed E-state index contributed by atoms with van der Waals surface area (Å²) in [6.45, 7) is 23.1. The molecule has 3 rings (SSSR count). The second-order valence-corrected chi connectivity index (χ2v) is 26.2. The summed E-state index contributed by atoms with van der Waals surface area (Å²) in [6, 6.07) is 10.4. The molecule has 2 aromatic carbocycles. The van der Waals surface area contributed by atoms with Gasteiger partial charge < -0.3 is 71.1 Å². The van der Waals surface area contributed by atoms with Crippen LogP contribution in [0, 0.1) is 29.6 Å². The molecule has 0 aromatic heterocycles. The Kier molecular flexibility index (Phi) is 34.7. The van der Waals surface area contributed by atoms with Gasteiger partial charge in [-0.15, -0.1) is 0 Å². The minimum atomic E-state index is -5.08. The maximum atomic E-state index is 14.9. The van der Waals surface area contributed by atoms with Gasteiger partial charge in [-0.25, -0.2) is 19.2 Å². The topological polar surface area (TPSA) is 327 Å². The third kappa shape index (κ3) is 26.9. The zero-order valence-corrected chi connectivity index (χ0v) is 58.7. The SMILES string of the molecule is CC[C@H](C)[C@@H]([C@@H](CC(=O)N1CCC[C@H]1[C@H](OC)[C@@H](C)C(=O)N[C@@H](Cc1ccccc1)C(=O)OC)OC)N(C)C(=O)[C@@H](NC(=O)[C@H](C(C)C)N(C)CCc1ccc(N(C)C(=O)[C@H](CCCNC(N)=O)NC(=O)[C@@H](NC(=O)OC(C)(C)C)C(C)C)cc1)C(C)C.O=C(O)C(F)(F)F. The van der Waals surface area contributed by atoms with Crippen molar-refractivity contribution in [2.24, 2.45) is 35.3 Å². The number of aliphatic carboxylic acids is 1. The van der Waals surface area contributed by atoms with Crippen molar-refractivity contribution in [2.75, 3.05) is 67.0 Å². The summed E-state index contributed by atoms with van der Waals surface area (Å²) in [6.07, 6.45) is -4.21. The minimum absolute atomic E-state index is 0.0649. The van der Waals surface area contributed by atoms with Crippen LogP contribution in [0.3, 0.4) is 0 Å². The van der Waals surface area contributed by atoms with Crippen LogP contribution in [-0.4, -0.2) is 208 Å². The fraction of sp³-hybridized carbons (Fsp3) is 0.672. The first-order valence-corrected chi connectivity index (χ1v) is 32.3. The number of nitrogens with two attached hydrogens (primary N) is 1. The molecule has 2 aromatic rings. The highest BCUT2D eigenvalue weighted by molar-refractivity contribution is 6.00. The molecule has 0 aliphatic carbocycles. The molecule has 0 spiro atoms. The lowest BCUT2D eigenvalue weighted by Gasteiger charge is -2.41. The number of primary amides is 1. The Hall–Kier alpha value is -7.59. The van der Waals surface area contributed by atoms with Gasteiger partial charge in [-0.1, -0.05) is 111 Å². The van der Waals surface area contributed by atoms with E-state index >= 15 is 0 Å². The monoisotopic (exact) mass is 1350 g/mol. The zero-order chi connectivity index (χ0) is 72.4. The number of alkyl carbamates (subject to hydrolysis) is 1. The summed E-state index contributed by atoms with van der Waals surface area (Å²) in [5, 5.41) is 21.1. The molecule has 0 saturated carbocycles. The second-order valence-electron chi connectivity index (χ2n) is 26.2. The molecule has 11 atom stereocenters. The van der Waals surface area contributed by atoms with Crippen molar-refractivity contribution in [3.05, 3.63) is 65.7 Å². The maximum absolute atomic E-state index is 14.9. The molecule has 0 radical (unpaired) electrons. The van der Waals surface area contributed by atoms with Crippen molar-refractivity contribution in [2.45, 2.75) is 201 Å². The maximum Gasteiger partial charge on any atom is 0.490 e. The van der Waals surface area contributed by atoms with E-state index in [0.717, 1.165) is 11.1 Å². The van der Waals surface area contributed by atoms with Crippen LogP contribution in [0.5, 0.6) is 0 Å². The van der Waals surface area contributed by atoms with Crippen molar-refractivity contribution in [3.63, 3.8) is 0 Å². The molecule has 1 aliphatic rings. The Morgan fingerprint density at radius 1 is 0.726 bits per heavy atom. The number of alkyl halides is 3. The summed E-state index contributed by atoms with van der Waals surface area (Å²) >= 11 is 0. The van der Waals surface area contributed by atoms with E-state index in [0.29, 0.717) is 50.9 Å². The first-order valence-electron chi connectivity index (χ1n) is 32.3. The van der Waals surface area contributed by atoms with Gasteiger partial charge in [0.15, 0.2) is 0 Å². The second kappa shape index (κ2) is 39.4. The van der Waals surface area contributed by atoms with Crippen LogP contribution in [0.4, 0.5) is 28.4 Å². The van der Waals surface area contributed by atoms with E-state index in [4.69, 9.17) is 34.6 Å². The van der Waals surface area contributed by atoms with E-state index in [9.17, 15) is 56.3 Å². The molecule has 9 amide bonds. The van der Waals surface area contributed by atoms with Crippen molar-refractivity contribution in [1.29, 1.82) is 0 Å². The predicted octanol–water partition coefficient (Wildman–Crippen LogP) is 6.23. The average Bonchev–Trinajstić information content (AvgIpc) is 1.80. The summed E-state index contributed by atoms with van der Waals surface area (Å²) in [4.78, 5) is 138. The number of methoxy groups -OCH3 is 3. The summed E-state index contributed by atoms with van der Waals surface area (Å²) in [5.41, 5.74) is 6.79. The number of nitrogens with one attached hydrogen (secondary N) is 5. The Labute approximate surface area is 558 Å². The number of amides is 9. The number of rotatable bonds is 34. The van der Waals surface area contributed by atoms with Crippen LogP contribution in [-0.2, 0) is 70.1 Å². The average molecular weight is 1350 g/mol. The normalized spacial score (nSPS) is 16.5. The number of hydrogen-bond acceptors (Lipinski definition) is 15. The Balaban J connectivity index is 0.00000414. The fourth-order valence-electron chi connectivity index (χ4n) is 11.5. The molecular weight excluding hydrogens is 1240 g/mol. The van der Waals surface area contributed by atoms with Gasteiger partial charge in [0.1, 0.15) is 29.8 Å². The molecule has 1 aliphatic heterocycles. The number of benzene rings is 2. The van der Waals surface area contributed by atoms with Gasteiger partial charge in [0.2, 0.25) is 35.4 Å². The summed E-state index contributed by atoms with van der Waals surface area (Å²) < 4.78 is 54.3. The smallest absolute Gasteiger partial charge is 0.475 e. The van der Waals surface area contributed by atoms with E-state index in [-0.39, 0.29) is 67.2 Å². The van der Waals surface area contributed by atoms with Gasteiger partial charge >= 0.3 is 30.2 Å². The Morgan fingerprint density at radius 2 is 1.31 bits per heavy atom. The lowest BCUT2D eigenvalue weighted by Crippen LogP contribution is -2.60. The summed E-state index contributed by atoms with van der Waals surface area (Å²) in [7, 11) is 9.47. The van der Waals surface area contributed by atoms with Gasteiger partial charge in [-0.3, -0.25) is 33.7 Å².